The topological polar surface area (TPSA) is 66.8 Å². The summed E-state index contributed by atoms with van der Waals surface area (Å²) >= 11 is 0. The molecule has 0 unspecified atom stereocenters. The molecule has 1 rings (SSSR count). The quantitative estimate of drug-likeness (QED) is 0.890. The lowest BCUT2D eigenvalue weighted by Crippen LogP contribution is -2.18. The van der Waals surface area contributed by atoms with Crippen LogP contribution in [-0.2, 0) is 15.6 Å². The number of aromatic hydroxyl groups is 1. The SMILES string of the molecule is CC(C)(C)c1cc(OCC(=O)O)c(O)c(C(C)(C)C)c1. The molecule has 112 valence electrons. The van der Waals surface area contributed by atoms with Crippen molar-refractivity contribution in [3.63, 3.8) is 0 Å². The summed E-state index contributed by atoms with van der Waals surface area (Å²) in [5.41, 5.74) is 1.38. The predicted octanol–water partition coefficient (Wildman–Crippen LogP) is 3.45. The first-order valence-electron chi connectivity index (χ1n) is 6.65. The molecule has 0 aromatic heterocycles. The fourth-order valence-corrected chi connectivity index (χ4v) is 1.86. The summed E-state index contributed by atoms with van der Waals surface area (Å²) < 4.78 is 5.22. The van der Waals surface area contributed by atoms with Gasteiger partial charge < -0.3 is 14.9 Å². The average molecular weight is 280 g/mol. The molecule has 0 radical (unpaired) electrons. The molecular weight excluding hydrogens is 256 g/mol. The first-order valence-corrected chi connectivity index (χ1v) is 6.65. The van der Waals surface area contributed by atoms with Crippen LogP contribution < -0.4 is 4.74 Å². The standard InChI is InChI=1S/C16H24O4/c1-15(2,3)10-7-11(16(4,5)6)14(19)12(8-10)20-9-13(17)18/h7-8,19H,9H2,1-6H3,(H,17,18). The van der Waals surface area contributed by atoms with Gasteiger partial charge in [0, 0.05) is 5.56 Å². The van der Waals surface area contributed by atoms with Gasteiger partial charge in [-0.1, -0.05) is 47.6 Å². The maximum Gasteiger partial charge on any atom is 0.341 e. The maximum atomic E-state index is 10.6. The Hall–Kier alpha value is -1.71. The van der Waals surface area contributed by atoms with Gasteiger partial charge >= 0.3 is 5.97 Å². The number of hydrogen-bond donors (Lipinski definition) is 2. The van der Waals surface area contributed by atoms with Gasteiger partial charge in [0.25, 0.3) is 0 Å². The summed E-state index contributed by atoms with van der Waals surface area (Å²) in [7, 11) is 0. The summed E-state index contributed by atoms with van der Waals surface area (Å²) in [6, 6.07) is 3.68. The van der Waals surface area contributed by atoms with Gasteiger partial charge in [-0.25, -0.2) is 4.79 Å². The van der Waals surface area contributed by atoms with Crippen molar-refractivity contribution in [2.45, 2.75) is 52.4 Å². The van der Waals surface area contributed by atoms with Crippen molar-refractivity contribution < 1.29 is 19.7 Å². The van der Waals surface area contributed by atoms with E-state index in [-0.39, 0.29) is 22.3 Å². The second kappa shape index (κ2) is 5.35. The number of phenols is 1. The van der Waals surface area contributed by atoms with Crippen molar-refractivity contribution in [3.8, 4) is 11.5 Å². The van der Waals surface area contributed by atoms with Gasteiger partial charge in [-0.15, -0.1) is 0 Å². The largest absolute Gasteiger partial charge is 0.504 e. The van der Waals surface area contributed by atoms with E-state index in [2.05, 4.69) is 20.8 Å². The minimum atomic E-state index is -1.07. The van der Waals surface area contributed by atoms with Gasteiger partial charge in [-0.05, 0) is 22.5 Å². The molecule has 0 atom stereocenters. The highest BCUT2D eigenvalue weighted by Gasteiger charge is 2.25. The smallest absolute Gasteiger partial charge is 0.341 e. The highest BCUT2D eigenvalue weighted by molar-refractivity contribution is 5.68. The predicted molar refractivity (Wildman–Crippen MR) is 78.6 cm³/mol. The molecule has 0 bridgehead atoms. The Bertz CT molecular complexity index is 504. The summed E-state index contributed by atoms with van der Waals surface area (Å²) in [6.45, 7) is 11.7. The molecule has 0 saturated carbocycles. The molecule has 4 nitrogen and oxygen atoms in total. The maximum absolute atomic E-state index is 10.6. The van der Waals surface area contributed by atoms with E-state index in [9.17, 15) is 9.90 Å². The van der Waals surface area contributed by atoms with Crippen LogP contribution in [0.25, 0.3) is 0 Å². The van der Waals surface area contributed by atoms with E-state index in [4.69, 9.17) is 9.84 Å². The lowest BCUT2D eigenvalue weighted by atomic mass is 9.80. The Morgan fingerprint density at radius 3 is 2.05 bits per heavy atom. The van der Waals surface area contributed by atoms with Crippen LogP contribution in [-0.4, -0.2) is 22.8 Å². The van der Waals surface area contributed by atoms with Crippen LogP contribution in [0.15, 0.2) is 12.1 Å². The Morgan fingerprint density at radius 1 is 1.10 bits per heavy atom. The Labute approximate surface area is 120 Å². The van der Waals surface area contributed by atoms with E-state index in [0.717, 1.165) is 11.1 Å². The van der Waals surface area contributed by atoms with Gasteiger partial charge in [0.15, 0.2) is 18.1 Å². The highest BCUT2D eigenvalue weighted by atomic mass is 16.5. The molecule has 0 fully saturated rings. The fourth-order valence-electron chi connectivity index (χ4n) is 1.86. The van der Waals surface area contributed by atoms with E-state index in [1.807, 2.05) is 26.8 Å². The van der Waals surface area contributed by atoms with Crippen molar-refractivity contribution in [2.75, 3.05) is 6.61 Å². The Balaban J connectivity index is 3.39. The number of ether oxygens (including phenoxy) is 1. The number of rotatable bonds is 3. The lowest BCUT2D eigenvalue weighted by molar-refractivity contribution is -0.139. The molecule has 1 aromatic rings. The van der Waals surface area contributed by atoms with Crippen molar-refractivity contribution in [3.05, 3.63) is 23.3 Å². The van der Waals surface area contributed by atoms with Crippen molar-refractivity contribution in [1.82, 2.24) is 0 Å². The molecule has 0 aliphatic heterocycles. The molecule has 0 spiro atoms. The first kappa shape index (κ1) is 16.3. The third-order valence-corrected chi connectivity index (χ3v) is 3.10. The molecular formula is C16H24O4. The second-order valence-electron chi connectivity index (χ2n) is 7.05. The van der Waals surface area contributed by atoms with Crippen LogP contribution in [0.2, 0.25) is 0 Å². The average Bonchev–Trinajstić information content (AvgIpc) is 2.24. The highest BCUT2D eigenvalue weighted by Crippen LogP contribution is 2.41. The monoisotopic (exact) mass is 280 g/mol. The van der Waals surface area contributed by atoms with Crippen LogP contribution >= 0.6 is 0 Å². The molecule has 0 amide bonds. The number of carboxylic acids is 1. The Kier molecular flexibility index (Phi) is 4.37. The molecule has 2 N–H and O–H groups in total. The second-order valence-corrected chi connectivity index (χ2v) is 7.05. The summed E-state index contributed by atoms with van der Waals surface area (Å²) in [5.74, 6) is -0.820. The lowest BCUT2D eigenvalue weighted by Gasteiger charge is -2.27. The molecule has 0 saturated heterocycles. The molecule has 20 heavy (non-hydrogen) atoms. The summed E-state index contributed by atoms with van der Waals surface area (Å²) in [4.78, 5) is 10.6. The van der Waals surface area contributed by atoms with E-state index in [0.29, 0.717) is 0 Å². The van der Waals surface area contributed by atoms with Crippen LogP contribution in [0.3, 0.4) is 0 Å². The number of phenolic OH excluding ortho intramolecular Hbond substituents is 1. The van der Waals surface area contributed by atoms with E-state index < -0.39 is 12.6 Å². The summed E-state index contributed by atoms with van der Waals surface area (Å²) in [6.07, 6.45) is 0. The van der Waals surface area contributed by atoms with Crippen molar-refractivity contribution in [2.24, 2.45) is 0 Å². The zero-order valence-electron chi connectivity index (χ0n) is 13.1. The molecule has 0 aliphatic carbocycles. The van der Waals surface area contributed by atoms with E-state index in [1.54, 1.807) is 6.07 Å². The van der Waals surface area contributed by atoms with Crippen LogP contribution in [0.1, 0.15) is 52.7 Å². The van der Waals surface area contributed by atoms with Gasteiger partial charge in [0.2, 0.25) is 0 Å². The third kappa shape index (κ3) is 3.89. The number of benzene rings is 1. The van der Waals surface area contributed by atoms with Gasteiger partial charge in [-0.2, -0.15) is 0 Å². The van der Waals surface area contributed by atoms with E-state index >= 15 is 0 Å². The number of hydrogen-bond acceptors (Lipinski definition) is 3. The van der Waals surface area contributed by atoms with Gasteiger partial charge in [0.1, 0.15) is 0 Å². The number of carboxylic acid groups (broad SMARTS) is 1. The number of aliphatic carboxylic acids is 1. The van der Waals surface area contributed by atoms with Crippen LogP contribution in [0, 0.1) is 0 Å². The van der Waals surface area contributed by atoms with E-state index in [1.165, 1.54) is 0 Å². The normalized spacial score (nSPS) is 12.3. The molecule has 1 aromatic carbocycles. The third-order valence-electron chi connectivity index (χ3n) is 3.10. The van der Waals surface area contributed by atoms with Crippen molar-refractivity contribution >= 4 is 5.97 Å². The Morgan fingerprint density at radius 2 is 1.65 bits per heavy atom. The minimum absolute atomic E-state index is 0.0201. The van der Waals surface area contributed by atoms with Crippen molar-refractivity contribution in [1.29, 1.82) is 0 Å². The zero-order valence-corrected chi connectivity index (χ0v) is 13.1. The van der Waals surface area contributed by atoms with Gasteiger partial charge in [0.05, 0.1) is 0 Å². The molecule has 0 aliphatic rings. The fraction of sp³-hybridized carbons (Fsp3) is 0.562. The minimum Gasteiger partial charge on any atom is -0.504 e. The summed E-state index contributed by atoms with van der Waals surface area (Å²) in [5, 5.41) is 19.0. The van der Waals surface area contributed by atoms with Crippen LogP contribution in [0.5, 0.6) is 11.5 Å². The zero-order chi connectivity index (χ0) is 15.7. The molecule has 4 heteroatoms. The van der Waals surface area contributed by atoms with Crippen LogP contribution in [0.4, 0.5) is 0 Å². The first-order chi connectivity index (χ1) is 8.93. The van der Waals surface area contributed by atoms with Gasteiger partial charge in [-0.3, -0.25) is 0 Å². The number of carbonyl (C=O) groups is 1. The molecule has 0 heterocycles.